The molecule has 0 heterocycles. The third-order valence-electron chi connectivity index (χ3n) is 2.99. The van der Waals surface area contributed by atoms with Crippen molar-refractivity contribution in [3.63, 3.8) is 0 Å². The zero-order chi connectivity index (χ0) is 10.6. The van der Waals surface area contributed by atoms with Gasteiger partial charge in [0.05, 0.1) is 5.75 Å². The zero-order valence-electron chi connectivity index (χ0n) is 8.57. The van der Waals surface area contributed by atoms with Crippen molar-refractivity contribution >= 4 is 10.0 Å². The molecule has 0 aromatic carbocycles. The van der Waals surface area contributed by atoms with E-state index in [9.17, 15) is 8.42 Å². The highest BCUT2D eigenvalue weighted by molar-refractivity contribution is 7.89. The summed E-state index contributed by atoms with van der Waals surface area (Å²) in [5, 5.41) is 8.93. The van der Waals surface area contributed by atoms with Gasteiger partial charge in [-0.1, -0.05) is 0 Å². The SMILES string of the molecule is CNS(=O)(=O)C[C@H]1CC[C@H](CO)CC1. The molecule has 5 heteroatoms. The molecule has 14 heavy (non-hydrogen) atoms. The molecule has 1 fully saturated rings. The van der Waals surface area contributed by atoms with Gasteiger partial charge in [-0.15, -0.1) is 0 Å². The summed E-state index contributed by atoms with van der Waals surface area (Å²) in [5.41, 5.74) is 0. The molecule has 1 rings (SSSR count). The van der Waals surface area contributed by atoms with E-state index in [2.05, 4.69) is 4.72 Å². The highest BCUT2D eigenvalue weighted by Gasteiger charge is 2.24. The van der Waals surface area contributed by atoms with Gasteiger partial charge in [-0.25, -0.2) is 13.1 Å². The summed E-state index contributed by atoms with van der Waals surface area (Å²) in [5.74, 6) is 0.903. The predicted molar refractivity (Wildman–Crippen MR) is 55.4 cm³/mol. The molecule has 1 aliphatic rings. The molecule has 0 saturated heterocycles. The van der Waals surface area contributed by atoms with E-state index in [1.54, 1.807) is 0 Å². The fraction of sp³-hybridized carbons (Fsp3) is 1.00. The van der Waals surface area contributed by atoms with E-state index in [0.717, 1.165) is 25.7 Å². The molecule has 0 bridgehead atoms. The van der Waals surface area contributed by atoms with Gasteiger partial charge >= 0.3 is 0 Å². The normalized spacial score (nSPS) is 29.0. The molecule has 0 amide bonds. The molecule has 0 spiro atoms. The molecule has 4 nitrogen and oxygen atoms in total. The summed E-state index contributed by atoms with van der Waals surface area (Å²) in [6.45, 7) is 0.242. The molecule has 1 saturated carbocycles. The molecule has 0 atom stereocenters. The van der Waals surface area contributed by atoms with Crippen LogP contribution >= 0.6 is 0 Å². The van der Waals surface area contributed by atoms with E-state index in [1.165, 1.54) is 7.05 Å². The summed E-state index contributed by atoms with van der Waals surface area (Å²) in [7, 11) is -1.60. The first kappa shape index (κ1) is 11.9. The summed E-state index contributed by atoms with van der Waals surface area (Å²) in [4.78, 5) is 0. The number of hydrogen-bond donors (Lipinski definition) is 2. The average molecular weight is 221 g/mol. The van der Waals surface area contributed by atoms with Crippen LogP contribution < -0.4 is 4.72 Å². The van der Waals surface area contributed by atoms with Crippen molar-refractivity contribution < 1.29 is 13.5 Å². The fourth-order valence-electron chi connectivity index (χ4n) is 1.97. The van der Waals surface area contributed by atoms with Crippen LogP contribution in [0.1, 0.15) is 25.7 Å². The Hall–Kier alpha value is -0.130. The lowest BCUT2D eigenvalue weighted by molar-refractivity contribution is 0.172. The van der Waals surface area contributed by atoms with Crippen molar-refractivity contribution in [3.8, 4) is 0 Å². The minimum absolute atomic E-state index is 0.238. The van der Waals surface area contributed by atoms with Crippen molar-refractivity contribution in [2.75, 3.05) is 19.4 Å². The van der Waals surface area contributed by atoms with E-state index in [4.69, 9.17) is 5.11 Å². The molecule has 1 aliphatic carbocycles. The largest absolute Gasteiger partial charge is 0.396 e. The van der Waals surface area contributed by atoms with Crippen molar-refractivity contribution in [2.24, 2.45) is 11.8 Å². The summed E-state index contributed by atoms with van der Waals surface area (Å²) < 4.78 is 24.9. The van der Waals surface area contributed by atoms with Crippen molar-refractivity contribution in [3.05, 3.63) is 0 Å². The monoisotopic (exact) mass is 221 g/mol. The second-order valence-electron chi connectivity index (χ2n) is 4.05. The number of hydrogen-bond acceptors (Lipinski definition) is 3. The number of aliphatic hydroxyl groups excluding tert-OH is 1. The van der Waals surface area contributed by atoms with Gasteiger partial charge in [0.2, 0.25) is 10.0 Å². The smallest absolute Gasteiger partial charge is 0.211 e. The highest BCUT2D eigenvalue weighted by atomic mass is 32.2. The molecular weight excluding hydrogens is 202 g/mol. The van der Waals surface area contributed by atoms with E-state index in [1.807, 2.05) is 0 Å². The van der Waals surface area contributed by atoms with Crippen LogP contribution in [0.5, 0.6) is 0 Å². The second-order valence-corrected chi connectivity index (χ2v) is 6.03. The topological polar surface area (TPSA) is 66.4 Å². The molecule has 84 valence electrons. The number of rotatable bonds is 4. The van der Waals surface area contributed by atoms with Crippen LogP contribution in [0.25, 0.3) is 0 Å². The maximum Gasteiger partial charge on any atom is 0.211 e. The molecule has 0 unspecified atom stereocenters. The van der Waals surface area contributed by atoms with E-state index >= 15 is 0 Å². The van der Waals surface area contributed by atoms with Gasteiger partial charge in [-0.2, -0.15) is 0 Å². The Labute approximate surface area is 85.8 Å². The van der Waals surface area contributed by atoms with Crippen molar-refractivity contribution in [1.29, 1.82) is 0 Å². The Morgan fingerprint density at radius 2 is 1.71 bits per heavy atom. The van der Waals surface area contributed by atoms with Crippen molar-refractivity contribution in [2.45, 2.75) is 25.7 Å². The average Bonchev–Trinajstić information content (AvgIpc) is 2.19. The molecule has 2 N–H and O–H groups in total. The summed E-state index contributed by atoms with van der Waals surface area (Å²) >= 11 is 0. The van der Waals surface area contributed by atoms with Gasteiger partial charge in [0.1, 0.15) is 0 Å². The minimum atomic E-state index is -3.06. The van der Waals surface area contributed by atoms with Gasteiger partial charge < -0.3 is 5.11 Å². The van der Waals surface area contributed by atoms with Gasteiger partial charge in [0, 0.05) is 6.61 Å². The summed E-state index contributed by atoms with van der Waals surface area (Å²) in [6, 6.07) is 0. The van der Waals surface area contributed by atoms with Gasteiger partial charge in [0.15, 0.2) is 0 Å². The van der Waals surface area contributed by atoms with Crippen LogP contribution in [0.2, 0.25) is 0 Å². The lowest BCUT2D eigenvalue weighted by Gasteiger charge is -2.26. The molecule has 0 aromatic rings. The zero-order valence-corrected chi connectivity index (χ0v) is 9.39. The molecule has 0 aromatic heterocycles. The first-order chi connectivity index (χ1) is 6.57. The van der Waals surface area contributed by atoms with E-state index in [-0.39, 0.29) is 18.3 Å². The first-order valence-corrected chi connectivity index (χ1v) is 6.74. The van der Waals surface area contributed by atoms with Gasteiger partial charge in [-0.05, 0) is 44.6 Å². The molecule has 0 radical (unpaired) electrons. The van der Waals surface area contributed by atoms with Crippen LogP contribution in [0.15, 0.2) is 0 Å². The maximum absolute atomic E-state index is 11.3. The van der Waals surface area contributed by atoms with Crippen LogP contribution in [0.3, 0.4) is 0 Å². The number of aliphatic hydroxyl groups is 1. The Kier molecular flexibility index (Phi) is 4.34. The lowest BCUT2D eigenvalue weighted by atomic mass is 9.83. The molecule has 0 aliphatic heterocycles. The van der Waals surface area contributed by atoms with Gasteiger partial charge in [0.25, 0.3) is 0 Å². The Balaban J connectivity index is 2.36. The predicted octanol–water partition coefficient (Wildman–Crippen LogP) is 0.334. The minimum Gasteiger partial charge on any atom is -0.396 e. The number of sulfonamides is 1. The maximum atomic E-state index is 11.3. The van der Waals surface area contributed by atoms with Crippen LogP contribution in [-0.2, 0) is 10.0 Å². The van der Waals surface area contributed by atoms with Crippen LogP contribution in [0, 0.1) is 11.8 Å². The fourth-order valence-corrected chi connectivity index (χ4v) is 3.09. The number of nitrogens with one attached hydrogen (secondary N) is 1. The third kappa shape index (κ3) is 3.55. The Bertz CT molecular complexity index is 255. The third-order valence-corrected chi connectivity index (χ3v) is 4.52. The van der Waals surface area contributed by atoms with Crippen molar-refractivity contribution in [1.82, 2.24) is 4.72 Å². The second kappa shape index (κ2) is 5.09. The Morgan fingerprint density at radius 3 is 2.14 bits per heavy atom. The van der Waals surface area contributed by atoms with Crippen LogP contribution in [-0.4, -0.2) is 32.9 Å². The first-order valence-electron chi connectivity index (χ1n) is 5.09. The molecular formula is C9H19NO3S. The van der Waals surface area contributed by atoms with Crippen LogP contribution in [0.4, 0.5) is 0 Å². The lowest BCUT2D eigenvalue weighted by Crippen LogP contribution is -2.29. The Morgan fingerprint density at radius 1 is 1.21 bits per heavy atom. The highest BCUT2D eigenvalue weighted by Crippen LogP contribution is 2.28. The standard InChI is InChI=1S/C9H19NO3S/c1-10-14(12,13)7-9-4-2-8(6-11)3-5-9/h8-11H,2-7H2,1H3/t8-,9-. The van der Waals surface area contributed by atoms with Gasteiger partial charge in [-0.3, -0.25) is 0 Å². The quantitative estimate of drug-likeness (QED) is 0.719. The van der Waals surface area contributed by atoms with E-state index in [0.29, 0.717) is 5.92 Å². The summed E-state index contributed by atoms with van der Waals surface area (Å²) in [6.07, 6.45) is 3.76. The van der Waals surface area contributed by atoms with E-state index < -0.39 is 10.0 Å².